The Balaban J connectivity index is 1.91. The van der Waals surface area contributed by atoms with Crippen molar-refractivity contribution < 1.29 is 19.1 Å². The van der Waals surface area contributed by atoms with Crippen LogP contribution >= 0.6 is 0 Å². The van der Waals surface area contributed by atoms with Gasteiger partial charge in [0.1, 0.15) is 11.6 Å². The molecule has 1 aliphatic carbocycles. The molecule has 2 atom stereocenters. The second-order valence-corrected chi connectivity index (χ2v) is 8.01. The molecule has 2 aliphatic rings. The number of Topliss-reactive ketones (excluding diaryl/α,β-unsaturated/α-hetero) is 2. The van der Waals surface area contributed by atoms with Crippen molar-refractivity contribution in [2.45, 2.75) is 31.5 Å². The first-order chi connectivity index (χ1) is 15.0. The Morgan fingerprint density at radius 2 is 1.29 bits per heavy atom. The summed E-state index contributed by atoms with van der Waals surface area (Å²) in [6.45, 7) is 2.75. The van der Waals surface area contributed by atoms with Crippen LogP contribution in [0.15, 0.2) is 78.9 Å². The fourth-order valence-corrected chi connectivity index (χ4v) is 5.13. The fraction of sp³-hybridized carbons (Fsp3) is 0.192. The highest BCUT2D eigenvalue weighted by molar-refractivity contribution is 5.99. The maximum Gasteiger partial charge on any atom is 0.412 e. The molecule has 0 N–H and O–H groups in total. The molecule has 0 saturated carbocycles. The van der Waals surface area contributed by atoms with Crippen LogP contribution in [0.2, 0.25) is 0 Å². The third-order valence-electron chi connectivity index (χ3n) is 6.28. The molecule has 1 heterocycles. The molecular weight excluding hydrogens is 390 g/mol. The van der Waals surface area contributed by atoms with Crippen molar-refractivity contribution >= 4 is 17.7 Å². The van der Waals surface area contributed by atoms with Gasteiger partial charge in [-0.05, 0) is 41.7 Å². The van der Waals surface area contributed by atoms with Gasteiger partial charge in [-0.25, -0.2) is 4.79 Å². The number of hydrogen-bond donors (Lipinski definition) is 0. The monoisotopic (exact) mass is 411 g/mol. The fourth-order valence-electron chi connectivity index (χ4n) is 5.13. The number of fused-ring (bicyclic) bond motifs is 3. The number of hydrogen-bond acceptors (Lipinski definition) is 4. The second-order valence-electron chi connectivity index (χ2n) is 8.01. The van der Waals surface area contributed by atoms with Crippen LogP contribution in [-0.2, 0) is 19.9 Å². The van der Waals surface area contributed by atoms with E-state index in [0.29, 0.717) is 0 Å². The van der Waals surface area contributed by atoms with Gasteiger partial charge in [0.15, 0.2) is 17.7 Å². The second kappa shape index (κ2) is 6.91. The highest BCUT2D eigenvalue weighted by atomic mass is 16.6. The molecule has 31 heavy (non-hydrogen) atoms. The molecule has 1 amide bonds. The normalized spacial score (nSPS) is 20.7. The first kappa shape index (κ1) is 19.2. The van der Waals surface area contributed by atoms with Gasteiger partial charge in [0.2, 0.25) is 0 Å². The lowest BCUT2D eigenvalue weighted by molar-refractivity contribution is -0.131. The summed E-state index contributed by atoms with van der Waals surface area (Å²) in [5.74, 6) is -0.637. The number of rotatable bonds is 4. The van der Waals surface area contributed by atoms with E-state index in [1.807, 2.05) is 78.9 Å². The highest BCUT2D eigenvalue weighted by Gasteiger charge is 2.60. The minimum absolute atomic E-state index is 0.289. The zero-order chi connectivity index (χ0) is 21.8. The van der Waals surface area contributed by atoms with Gasteiger partial charge in [0.25, 0.3) is 0 Å². The van der Waals surface area contributed by atoms with Gasteiger partial charge < -0.3 is 4.74 Å². The minimum Gasteiger partial charge on any atom is -0.435 e. The van der Waals surface area contributed by atoms with Crippen molar-refractivity contribution in [3.05, 3.63) is 95.6 Å². The van der Waals surface area contributed by atoms with Crippen molar-refractivity contribution in [2.75, 3.05) is 0 Å². The van der Waals surface area contributed by atoms with E-state index >= 15 is 0 Å². The SMILES string of the molecule is CC(=O)[C@H]1OC(=O)N(C2(c3ccccc3)c3ccccc3-c3ccccc32)[C@@H]1C(C)=O. The smallest absolute Gasteiger partial charge is 0.412 e. The van der Waals surface area contributed by atoms with E-state index < -0.39 is 23.8 Å². The molecule has 0 aromatic heterocycles. The van der Waals surface area contributed by atoms with Crippen molar-refractivity contribution in [3.8, 4) is 11.1 Å². The van der Waals surface area contributed by atoms with Crippen LogP contribution in [0.4, 0.5) is 4.79 Å². The van der Waals surface area contributed by atoms with Gasteiger partial charge in [-0.15, -0.1) is 0 Å². The number of amides is 1. The van der Waals surface area contributed by atoms with Crippen LogP contribution < -0.4 is 0 Å². The van der Waals surface area contributed by atoms with Crippen molar-refractivity contribution in [3.63, 3.8) is 0 Å². The lowest BCUT2D eigenvalue weighted by atomic mass is 9.77. The minimum atomic E-state index is -1.13. The van der Waals surface area contributed by atoms with Crippen molar-refractivity contribution in [1.82, 2.24) is 4.90 Å². The third-order valence-corrected chi connectivity index (χ3v) is 6.28. The molecular formula is C26H21NO4. The first-order valence-corrected chi connectivity index (χ1v) is 10.2. The quantitative estimate of drug-likeness (QED) is 0.641. The molecule has 0 spiro atoms. The average Bonchev–Trinajstić information content (AvgIpc) is 3.28. The Morgan fingerprint density at radius 1 is 0.774 bits per heavy atom. The van der Waals surface area contributed by atoms with E-state index in [2.05, 4.69) is 0 Å². The van der Waals surface area contributed by atoms with Crippen LogP contribution in [0, 0.1) is 0 Å². The Kier molecular flexibility index (Phi) is 4.29. The molecule has 0 bridgehead atoms. The van der Waals surface area contributed by atoms with Gasteiger partial charge in [-0.1, -0.05) is 78.9 Å². The van der Waals surface area contributed by atoms with Gasteiger partial charge >= 0.3 is 6.09 Å². The Hall–Kier alpha value is -3.73. The van der Waals surface area contributed by atoms with Gasteiger partial charge in [-0.3, -0.25) is 14.5 Å². The molecule has 0 radical (unpaired) electrons. The zero-order valence-corrected chi connectivity index (χ0v) is 17.2. The topological polar surface area (TPSA) is 63.7 Å². The molecule has 3 aromatic carbocycles. The maximum atomic E-state index is 13.4. The number of cyclic esters (lactones) is 1. The summed E-state index contributed by atoms with van der Waals surface area (Å²) >= 11 is 0. The van der Waals surface area contributed by atoms with E-state index in [1.165, 1.54) is 18.7 Å². The van der Waals surface area contributed by atoms with E-state index in [4.69, 9.17) is 4.74 Å². The van der Waals surface area contributed by atoms with E-state index in [1.54, 1.807) is 0 Å². The summed E-state index contributed by atoms with van der Waals surface area (Å²) in [7, 11) is 0. The van der Waals surface area contributed by atoms with E-state index in [9.17, 15) is 14.4 Å². The van der Waals surface area contributed by atoms with Crippen LogP contribution in [-0.4, -0.2) is 34.7 Å². The Bertz CT molecular complexity index is 1170. The molecule has 5 rings (SSSR count). The summed E-state index contributed by atoms with van der Waals surface area (Å²) in [6, 6.07) is 24.4. The summed E-state index contributed by atoms with van der Waals surface area (Å²) in [5.41, 5.74) is 3.49. The van der Waals surface area contributed by atoms with Gasteiger partial charge in [-0.2, -0.15) is 0 Å². The molecule has 1 fully saturated rings. The largest absolute Gasteiger partial charge is 0.435 e. The van der Waals surface area contributed by atoms with Crippen LogP contribution in [0.1, 0.15) is 30.5 Å². The molecule has 1 saturated heterocycles. The number of carbonyl (C=O) groups is 3. The standard InChI is InChI=1S/C26H21NO4/c1-16(28)23-24(17(2)29)31-25(30)27(23)26(18-10-4-3-5-11-18)21-14-8-6-12-19(21)20-13-7-9-15-22(20)26/h3-15,23-24H,1-2H3/t23-,24-/m1/s1. The summed E-state index contributed by atoms with van der Waals surface area (Å²) in [5, 5.41) is 0. The predicted molar refractivity (Wildman–Crippen MR) is 115 cm³/mol. The van der Waals surface area contributed by atoms with Gasteiger partial charge in [0, 0.05) is 0 Å². The van der Waals surface area contributed by atoms with Crippen molar-refractivity contribution in [2.24, 2.45) is 0 Å². The molecule has 1 aliphatic heterocycles. The van der Waals surface area contributed by atoms with E-state index in [-0.39, 0.29) is 11.6 Å². The molecule has 154 valence electrons. The third kappa shape index (κ3) is 2.53. The van der Waals surface area contributed by atoms with Crippen LogP contribution in [0.25, 0.3) is 11.1 Å². The summed E-state index contributed by atoms with van der Waals surface area (Å²) in [4.78, 5) is 40.1. The molecule has 3 aromatic rings. The Labute approximate surface area is 180 Å². The van der Waals surface area contributed by atoms with Gasteiger partial charge in [0.05, 0.1) is 0 Å². The molecule has 0 unspecified atom stereocenters. The average molecular weight is 411 g/mol. The molecule has 5 heteroatoms. The number of benzene rings is 3. The predicted octanol–water partition coefficient (Wildman–Crippen LogP) is 4.33. The first-order valence-electron chi connectivity index (χ1n) is 10.2. The zero-order valence-electron chi connectivity index (χ0n) is 17.2. The molecule has 5 nitrogen and oxygen atoms in total. The maximum absolute atomic E-state index is 13.4. The number of ether oxygens (including phenoxy) is 1. The lowest BCUT2D eigenvalue weighted by Crippen LogP contribution is -2.55. The highest BCUT2D eigenvalue weighted by Crippen LogP contribution is 2.56. The lowest BCUT2D eigenvalue weighted by Gasteiger charge is -2.42. The number of ketones is 2. The van der Waals surface area contributed by atoms with Crippen molar-refractivity contribution in [1.29, 1.82) is 0 Å². The number of carbonyl (C=O) groups excluding carboxylic acids is 3. The van der Waals surface area contributed by atoms with Crippen LogP contribution in [0.3, 0.4) is 0 Å². The van der Waals surface area contributed by atoms with Crippen LogP contribution in [0.5, 0.6) is 0 Å². The van der Waals surface area contributed by atoms with E-state index in [0.717, 1.165) is 27.8 Å². The summed E-state index contributed by atoms with van der Waals surface area (Å²) in [6.07, 6.45) is -1.80. The number of nitrogens with zero attached hydrogens (tertiary/aromatic N) is 1. The summed E-state index contributed by atoms with van der Waals surface area (Å²) < 4.78 is 5.51. The Morgan fingerprint density at radius 3 is 1.81 bits per heavy atom.